The molecule has 1 aromatic carbocycles. The van der Waals surface area contributed by atoms with Gasteiger partial charge in [0.05, 0.1) is 12.0 Å². The van der Waals surface area contributed by atoms with Crippen molar-refractivity contribution in [2.45, 2.75) is 6.42 Å². The lowest BCUT2D eigenvalue weighted by molar-refractivity contribution is 0.424. The van der Waals surface area contributed by atoms with Gasteiger partial charge >= 0.3 is 0 Å². The summed E-state index contributed by atoms with van der Waals surface area (Å²) < 4.78 is 5.23. The Morgan fingerprint density at radius 1 is 1.20 bits per heavy atom. The standard InChI is InChI=1S/C14H11ClN4O/c15-9-4-5-12(16)11(7-9)14-18-13(19-20-14)8-10-3-1-2-6-17-10/h1-7H,8,16H2. The van der Waals surface area contributed by atoms with Crippen LogP contribution in [0.4, 0.5) is 5.69 Å². The largest absolute Gasteiger partial charge is 0.398 e. The Balaban J connectivity index is 1.88. The summed E-state index contributed by atoms with van der Waals surface area (Å²) in [7, 11) is 0. The highest BCUT2D eigenvalue weighted by Gasteiger charge is 2.12. The summed E-state index contributed by atoms with van der Waals surface area (Å²) in [4.78, 5) is 8.54. The Labute approximate surface area is 120 Å². The van der Waals surface area contributed by atoms with Gasteiger partial charge in [-0.15, -0.1) is 0 Å². The topological polar surface area (TPSA) is 77.8 Å². The summed E-state index contributed by atoms with van der Waals surface area (Å²) in [6.07, 6.45) is 2.23. The predicted octanol–water partition coefficient (Wildman–Crippen LogP) is 2.96. The van der Waals surface area contributed by atoms with Crippen LogP contribution in [0.5, 0.6) is 0 Å². The average molecular weight is 287 g/mol. The maximum absolute atomic E-state index is 5.95. The molecular formula is C14H11ClN4O. The molecule has 0 bridgehead atoms. The Kier molecular flexibility index (Phi) is 3.35. The zero-order valence-electron chi connectivity index (χ0n) is 10.5. The number of rotatable bonds is 3. The molecular weight excluding hydrogens is 276 g/mol. The minimum Gasteiger partial charge on any atom is -0.398 e. The molecule has 0 amide bonds. The van der Waals surface area contributed by atoms with Crippen molar-refractivity contribution in [2.75, 3.05) is 5.73 Å². The summed E-state index contributed by atoms with van der Waals surface area (Å²) in [6.45, 7) is 0. The van der Waals surface area contributed by atoms with Gasteiger partial charge in [-0.25, -0.2) is 0 Å². The molecule has 3 rings (SSSR count). The van der Waals surface area contributed by atoms with Gasteiger partial charge in [0.1, 0.15) is 0 Å². The molecule has 0 aliphatic rings. The molecule has 6 heteroatoms. The van der Waals surface area contributed by atoms with Crippen molar-refractivity contribution >= 4 is 17.3 Å². The van der Waals surface area contributed by atoms with Crippen molar-refractivity contribution in [3.63, 3.8) is 0 Å². The van der Waals surface area contributed by atoms with E-state index in [1.807, 2.05) is 18.2 Å². The first-order chi connectivity index (χ1) is 9.72. The van der Waals surface area contributed by atoms with Crippen LogP contribution in [0.1, 0.15) is 11.5 Å². The number of halogens is 1. The van der Waals surface area contributed by atoms with Crippen LogP contribution in [-0.4, -0.2) is 15.1 Å². The molecule has 0 spiro atoms. The van der Waals surface area contributed by atoms with E-state index in [-0.39, 0.29) is 0 Å². The Bertz CT molecular complexity index is 727. The molecule has 2 aromatic heterocycles. The fraction of sp³-hybridized carbons (Fsp3) is 0.0714. The van der Waals surface area contributed by atoms with Gasteiger partial charge in [-0.05, 0) is 30.3 Å². The van der Waals surface area contributed by atoms with Gasteiger partial charge in [-0.3, -0.25) is 4.98 Å². The van der Waals surface area contributed by atoms with Crippen LogP contribution in [0.25, 0.3) is 11.5 Å². The van der Waals surface area contributed by atoms with Crippen molar-refractivity contribution in [1.29, 1.82) is 0 Å². The van der Waals surface area contributed by atoms with Crippen molar-refractivity contribution in [1.82, 2.24) is 15.1 Å². The Hall–Kier alpha value is -2.40. The molecule has 100 valence electrons. The van der Waals surface area contributed by atoms with Crippen molar-refractivity contribution in [2.24, 2.45) is 0 Å². The number of benzene rings is 1. The molecule has 2 heterocycles. The molecule has 3 aromatic rings. The van der Waals surface area contributed by atoms with E-state index in [0.717, 1.165) is 5.69 Å². The van der Waals surface area contributed by atoms with Gasteiger partial charge in [0, 0.05) is 22.6 Å². The van der Waals surface area contributed by atoms with Crippen molar-refractivity contribution in [3.05, 3.63) is 59.1 Å². The highest BCUT2D eigenvalue weighted by Crippen LogP contribution is 2.27. The van der Waals surface area contributed by atoms with E-state index in [4.69, 9.17) is 21.9 Å². The fourth-order valence-electron chi connectivity index (χ4n) is 1.81. The number of nitrogens with two attached hydrogens (primary N) is 1. The Morgan fingerprint density at radius 2 is 2.10 bits per heavy atom. The quantitative estimate of drug-likeness (QED) is 0.749. The first-order valence-corrected chi connectivity index (χ1v) is 6.38. The van der Waals surface area contributed by atoms with Crippen LogP contribution in [-0.2, 0) is 6.42 Å². The maximum Gasteiger partial charge on any atom is 0.260 e. The second-order valence-corrected chi connectivity index (χ2v) is 4.68. The number of hydrogen-bond donors (Lipinski definition) is 1. The lowest BCUT2D eigenvalue weighted by Gasteiger charge is -2.00. The van der Waals surface area contributed by atoms with E-state index >= 15 is 0 Å². The van der Waals surface area contributed by atoms with Crippen molar-refractivity contribution < 1.29 is 4.52 Å². The zero-order valence-corrected chi connectivity index (χ0v) is 11.2. The van der Waals surface area contributed by atoms with E-state index in [1.165, 1.54) is 0 Å². The molecule has 0 unspecified atom stereocenters. The minimum absolute atomic E-state index is 0.357. The third kappa shape index (κ3) is 2.62. The van der Waals surface area contributed by atoms with E-state index in [1.54, 1.807) is 24.4 Å². The molecule has 0 saturated carbocycles. The van der Waals surface area contributed by atoms with Gasteiger partial charge < -0.3 is 10.3 Å². The third-order valence-corrected chi connectivity index (χ3v) is 3.01. The summed E-state index contributed by atoms with van der Waals surface area (Å²) in [6, 6.07) is 10.8. The minimum atomic E-state index is 0.357. The smallest absolute Gasteiger partial charge is 0.260 e. The highest BCUT2D eigenvalue weighted by atomic mass is 35.5. The van der Waals surface area contributed by atoms with Crippen LogP contribution in [0.3, 0.4) is 0 Å². The second-order valence-electron chi connectivity index (χ2n) is 4.25. The summed E-state index contributed by atoms with van der Waals surface area (Å²) in [5.74, 6) is 0.911. The molecule has 2 N–H and O–H groups in total. The van der Waals surface area contributed by atoms with Gasteiger partial charge in [0.15, 0.2) is 5.82 Å². The highest BCUT2D eigenvalue weighted by molar-refractivity contribution is 6.31. The summed E-state index contributed by atoms with van der Waals surface area (Å²) in [5.41, 5.74) is 7.94. The SMILES string of the molecule is Nc1ccc(Cl)cc1-c1nc(Cc2ccccn2)no1. The molecule has 0 aliphatic heterocycles. The van der Waals surface area contributed by atoms with E-state index in [0.29, 0.717) is 34.4 Å². The summed E-state index contributed by atoms with van der Waals surface area (Å²) >= 11 is 5.95. The number of nitrogen functional groups attached to an aromatic ring is 1. The number of aromatic nitrogens is 3. The number of anilines is 1. The fourth-order valence-corrected chi connectivity index (χ4v) is 1.99. The maximum atomic E-state index is 5.95. The average Bonchev–Trinajstić information content (AvgIpc) is 2.91. The van der Waals surface area contributed by atoms with Crippen molar-refractivity contribution in [3.8, 4) is 11.5 Å². The molecule has 5 nitrogen and oxygen atoms in total. The molecule has 0 aliphatic carbocycles. The number of pyridine rings is 1. The molecule has 0 saturated heterocycles. The normalized spacial score (nSPS) is 10.7. The van der Waals surface area contributed by atoms with E-state index in [9.17, 15) is 0 Å². The monoisotopic (exact) mass is 286 g/mol. The van der Waals surface area contributed by atoms with E-state index < -0.39 is 0 Å². The van der Waals surface area contributed by atoms with Crippen LogP contribution in [0.15, 0.2) is 47.1 Å². The van der Waals surface area contributed by atoms with Crippen LogP contribution < -0.4 is 5.73 Å². The van der Waals surface area contributed by atoms with Crippen LogP contribution in [0.2, 0.25) is 5.02 Å². The third-order valence-electron chi connectivity index (χ3n) is 2.78. The second kappa shape index (κ2) is 5.30. The lowest BCUT2D eigenvalue weighted by atomic mass is 10.2. The van der Waals surface area contributed by atoms with Gasteiger partial charge in [-0.2, -0.15) is 4.98 Å². The van der Waals surface area contributed by atoms with Gasteiger partial charge in [0.25, 0.3) is 5.89 Å². The first kappa shape index (κ1) is 12.6. The molecule has 0 radical (unpaired) electrons. The molecule has 0 atom stereocenters. The molecule has 20 heavy (non-hydrogen) atoms. The molecule has 0 fully saturated rings. The predicted molar refractivity (Wildman–Crippen MR) is 76.2 cm³/mol. The number of nitrogens with zero attached hydrogens (tertiary/aromatic N) is 3. The zero-order chi connectivity index (χ0) is 13.9. The van der Waals surface area contributed by atoms with Gasteiger partial charge in [-0.1, -0.05) is 22.8 Å². The lowest BCUT2D eigenvalue weighted by Crippen LogP contribution is -1.94. The first-order valence-electron chi connectivity index (χ1n) is 6.00. The van der Waals surface area contributed by atoms with Gasteiger partial charge in [0.2, 0.25) is 0 Å². The van der Waals surface area contributed by atoms with Crippen LogP contribution in [0, 0.1) is 0 Å². The van der Waals surface area contributed by atoms with E-state index in [2.05, 4.69) is 15.1 Å². The summed E-state index contributed by atoms with van der Waals surface area (Å²) in [5, 5.41) is 4.50. The number of hydrogen-bond acceptors (Lipinski definition) is 5. The Morgan fingerprint density at radius 3 is 2.90 bits per heavy atom. The van der Waals surface area contributed by atoms with Crippen LogP contribution >= 0.6 is 11.6 Å².